The van der Waals surface area contributed by atoms with Crippen LogP contribution in [0.15, 0.2) is 158 Å². The standard InChI is InChI=1S/C33H39N7O3.C32H36BrN7O2.C31H35N7O2/c1-5-30(41)40-18-17-39(20-25(40)19-34-2)32-26-14-16-38(28-12-6-9-23-10-7-13-29(42-4)31(23)28)21-27(26)35-33(36-32)43-22-24-11-8-15-37(24)3;1-4-29(41)40-17-16-39(19-24(40)18-34-2)31-25-13-15-38(28-12-6-9-22-8-5-11-26(33)30(22)28)20-27(25)35-32(36-31)42-21-23-10-7-14-37(23)3;1-3-29(39)37-16-17-38(24(18-32)19-37)30-26-13-15-36(28-12-6-9-22-8-4-5-11-25(22)28)20-27(26)33-31(34-30)40-21-23-10-7-14-35(23)2/h5-7,9-10,12-13,24-25H,1,8,11,14-22H2,3-4H3;4-6,8-9,11-12,23-24H,1,7,10,13-21H2,3H3;3-6,8-9,11-12,23-24H,1,7,10,13-17,19-21H2,2H3/t24-,25-;2*23-,24-/m000/s1. The molecule has 29 heteroatoms. The van der Waals surface area contributed by atoms with Crippen molar-refractivity contribution >= 4 is 100 Å². The summed E-state index contributed by atoms with van der Waals surface area (Å²) >= 11 is 3.78. The first-order valence-corrected chi connectivity index (χ1v) is 44.6. The molecule has 6 atom stereocenters. The lowest BCUT2D eigenvalue weighted by Crippen LogP contribution is -2.56. The first-order valence-electron chi connectivity index (χ1n) is 43.8. The predicted molar refractivity (Wildman–Crippen MR) is 492 cm³/mol. The van der Waals surface area contributed by atoms with E-state index in [0.29, 0.717) is 135 Å². The number of likely N-dealkylation sites (N-methyl/N-ethyl adjacent to an activating group) is 3. The second-order valence-corrected chi connectivity index (χ2v) is 34.5. The Labute approximate surface area is 740 Å². The van der Waals surface area contributed by atoms with Crippen LogP contribution in [0.1, 0.15) is 72.3 Å². The Hall–Kier alpha value is -12.2. The second kappa shape index (κ2) is 39.3. The van der Waals surface area contributed by atoms with Crippen LogP contribution >= 0.6 is 15.9 Å². The van der Waals surface area contributed by atoms with Crippen molar-refractivity contribution in [3.8, 4) is 29.9 Å². The van der Waals surface area contributed by atoms with Gasteiger partial charge in [0.05, 0.1) is 56.4 Å². The predicted octanol–water partition coefficient (Wildman–Crippen LogP) is 11.7. The zero-order valence-corrected chi connectivity index (χ0v) is 73.6. The number of methoxy groups -OCH3 is 1. The largest absolute Gasteiger partial charge is 0.496 e. The van der Waals surface area contributed by atoms with E-state index in [1.807, 2.05) is 17.0 Å². The third kappa shape index (κ3) is 18.8. The number of hydrogen-bond donors (Lipinski definition) is 0. The Bertz CT molecular complexity index is 5620. The highest BCUT2D eigenvalue weighted by Crippen LogP contribution is 2.43. The van der Waals surface area contributed by atoms with E-state index in [9.17, 15) is 19.6 Å². The Morgan fingerprint density at radius 1 is 0.472 bits per heavy atom. The molecule has 9 aromatic rings. The van der Waals surface area contributed by atoms with E-state index in [-0.39, 0.29) is 42.9 Å². The molecule has 18 rings (SSSR count). The smallest absolute Gasteiger partial charge is 0.318 e. The third-order valence-electron chi connectivity index (χ3n) is 26.4. The minimum absolute atomic E-state index is 0.130. The van der Waals surface area contributed by atoms with Crippen molar-refractivity contribution in [1.29, 1.82) is 5.26 Å². The Morgan fingerprint density at radius 3 is 1.36 bits per heavy atom. The fourth-order valence-corrected chi connectivity index (χ4v) is 20.1. The number of halogens is 1. The molecule has 0 spiro atoms. The van der Waals surface area contributed by atoms with Crippen LogP contribution in [0.25, 0.3) is 42.0 Å². The summed E-state index contributed by atoms with van der Waals surface area (Å²) in [6.45, 7) is 40.3. The van der Waals surface area contributed by atoms with Gasteiger partial charge in [-0.05, 0) is 163 Å². The number of aromatic nitrogens is 6. The van der Waals surface area contributed by atoms with Gasteiger partial charge in [-0.3, -0.25) is 14.4 Å². The van der Waals surface area contributed by atoms with E-state index in [1.165, 1.54) is 70.4 Å². The lowest BCUT2D eigenvalue weighted by Gasteiger charge is -2.41. The average Bonchev–Trinajstić information content (AvgIpc) is 0.957. The summed E-state index contributed by atoms with van der Waals surface area (Å²) < 4.78 is 25.7. The summed E-state index contributed by atoms with van der Waals surface area (Å²) in [5.74, 6) is 2.92. The van der Waals surface area contributed by atoms with Crippen LogP contribution in [-0.4, -0.2) is 273 Å². The van der Waals surface area contributed by atoms with Gasteiger partial charge in [0.25, 0.3) is 0 Å². The number of nitrogens with zero attached hydrogens (tertiary/aromatic N) is 21. The number of likely N-dealkylation sites (tertiary alicyclic amines) is 3. The second-order valence-electron chi connectivity index (χ2n) is 33.7. The average molecular weight is 1750 g/mol. The fraction of sp³-hybridized carbons (Fsp3) is 0.438. The molecule has 3 amide bonds. The zero-order chi connectivity index (χ0) is 86.8. The number of piperazine rings is 3. The van der Waals surface area contributed by atoms with Gasteiger partial charge in [0.2, 0.25) is 30.8 Å². The van der Waals surface area contributed by atoms with Gasteiger partial charge < -0.3 is 87.4 Å². The van der Waals surface area contributed by atoms with Crippen LogP contribution in [0.2, 0.25) is 0 Å². The van der Waals surface area contributed by atoms with Crippen LogP contribution in [0.5, 0.6) is 23.8 Å². The molecule has 125 heavy (non-hydrogen) atoms. The van der Waals surface area contributed by atoms with Crippen molar-refractivity contribution in [2.45, 2.75) is 114 Å². The fourth-order valence-electron chi connectivity index (χ4n) is 19.5. The number of rotatable bonds is 21. The molecule has 0 N–H and O–H groups in total. The van der Waals surface area contributed by atoms with Crippen molar-refractivity contribution in [3.05, 3.63) is 214 Å². The molecule has 0 unspecified atom stereocenters. The maximum absolute atomic E-state index is 12.6. The van der Waals surface area contributed by atoms with Gasteiger partial charge in [-0.15, -0.1) is 0 Å². The number of nitriles is 1. The van der Waals surface area contributed by atoms with E-state index in [0.717, 1.165) is 156 Å². The molecule has 12 heterocycles. The molecule has 6 saturated heterocycles. The maximum atomic E-state index is 12.6. The number of hydrogen-bond acceptors (Lipinski definition) is 23. The first-order chi connectivity index (χ1) is 61.0. The molecular weight excluding hydrogens is 1640 g/mol. The summed E-state index contributed by atoms with van der Waals surface area (Å²) in [7, 11) is 8.12. The normalized spacial score (nSPS) is 20.9. The van der Waals surface area contributed by atoms with Crippen molar-refractivity contribution in [2.75, 3.05) is 189 Å². The lowest BCUT2D eigenvalue weighted by molar-refractivity contribution is -0.129. The molecule has 3 aromatic heterocycles. The Balaban J connectivity index is 0.000000138. The highest BCUT2D eigenvalue weighted by molar-refractivity contribution is 9.10. The molecule has 9 aliphatic heterocycles. The summed E-state index contributed by atoms with van der Waals surface area (Å²) in [6.07, 6.45) is 13.1. The Kier molecular flexibility index (Phi) is 27.2. The SMILES string of the molecule is C=CC(=O)N1CCN(c2nc(OC[C@@H]3CCCN3C)nc3c2CCN(c2cccc4ccccc24)C3)[C@@H](C#N)C1.[C-]#[N+]C[C@H]1CN(c2nc(OC[C@@H]3CCCN3C)nc3c2CCN(c2cccc4cccc(Br)c24)C3)CCN1C(=O)C=C.[C-]#[N+]C[C@H]1CN(c2nc(OC[C@@H]3CCCN3C)nc3c2CCN(c2cccc4cccc(OC)c24)C3)CCN1C(=O)C=C. The van der Waals surface area contributed by atoms with Crippen LogP contribution in [-0.2, 0) is 53.3 Å². The molecule has 0 radical (unpaired) electrons. The minimum atomic E-state index is -0.512. The van der Waals surface area contributed by atoms with Crippen molar-refractivity contribution in [2.24, 2.45) is 0 Å². The van der Waals surface area contributed by atoms with Crippen LogP contribution in [0.4, 0.5) is 34.5 Å². The molecule has 6 aromatic carbocycles. The van der Waals surface area contributed by atoms with Crippen molar-refractivity contribution in [3.63, 3.8) is 0 Å². The highest BCUT2D eigenvalue weighted by Gasteiger charge is 2.40. The third-order valence-corrected chi connectivity index (χ3v) is 27.0. The van der Waals surface area contributed by atoms with Crippen LogP contribution in [0.3, 0.4) is 0 Å². The number of benzene rings is 6. The number of fused-ring (bicyclic) bond motifs is 6. The van der Waals surface area contributed by atoms with Gasteiger partial charge in [-0.25, -0.2) is 13.1 Å². The summed E-state index contributed by atoms with van der Waals surface area (Å²) in [5, 5.41) is 17.1. The van der Waals surface area contributed by atoms with E-state index in [1.54, 1.807) is 21.8 Å². The topological polar surface area (TPSA) is 237 Å². The molecule has 0 bridgehead atoms. The van der Waals surface area contributed by atoms with Crippen LogP contribution in [0, 0.1) is 24.5 Å². The molecule has 0 saturated carbocycles. The van der Waals surface area contributed by atoms with E-state index < -0.39 is 6.04 Å². The van der Waals surface area contributed by atoms with Crippen molar-refractivity contribution in [1.82, 2.24) is 59.3 Å². The molecule has 0 aliphatic carbocycles. The van der Waals surface area contributed by atoms with Gasteiger partial charge in [-0.2, -0.15) is 35.2 Å². The first kappa shape index (κ1) is 86.3. The minimum Gasteiger partial charge on any atom is -0.496 e. The number of anilines is 6. The molecular formula is C96H110BrN21O7. The number of carbonyl (C=O) groups is 3. The van der Waals surface area contributed by atoms with E-state index >= 15 is 0 Å². The highest BCUT2D eigenvalue weighted by atomic mass is 79.9. The molecule has 9 aliphatic rings. The quantitative estimate of drug-likeness (QED) is 0.0480. The molecule has 28 nitrogen and oxygen atoms in total. The van der Waals surface area contributed by atoms with E-state index in [4.69, 9.17) is 62.0 Å². The van der Waals surface area contributed by atoms with Gasteiger partial charge in [0, 0.05) is 145 Å². The maximum Gasteiger partial charge on any atom is 0.318 e. The number of amides is 3. The summed E-state index contributed by atoms with van der Waals surface area (Å²) in [5.41, 5.74) is 9.62. The summed E-state index contributed by atoms with van der Waals surface area (Å²) in [4.78, 5) is 100. The van der Waals surface area contributed by atoms with Gasteiger partial charge in [0.15, 0.2) is 0 Å². The van der Waals surface area contributed by atoms with Gasteiger partial charge in [0.1, 0.15) is 61.1 Å². The van der Waals surface area contributed by atoms with E-state index in [2.05, 4.69) is 215 Å². The molecule has 648 valence electrons. The number of ether oxygens (including phenoxy) is 4. The van der Waals surface area contributed by atoms with Gasteiger partial charge in [-0.1, -0.05) is 121 Å². The molecule has 6 fully saturated rings. The lowest BCUT2D eigenvalue weighted by atomic mass is 10.0. The zero-order valence-electron chi connectivity index (χ0n) is 72.0. The van der Waals surface area contributed by atoms with Gasteiger partial charge >= 0.3 is 18.0 Å². The Morgan fingerprint density at radius 2 is 0.896 bits per heavy atom. The summed E-state index contributed by atoms with van der Waals surface area (Å²) in [6, 6.07) is 43.7. The monoisotopic (exact) mass is 1750 g/mol. The number of carbonyl (C=O) groups excluding carboxylic acids is 3. The van der Waals surface area contributed by atoms with Crippen molar-refractivity contribution < 1.29 is 33.3 Å². The van der Waals surface area contributed by atoms with Crippen LogP contribution < -0.4 is 48.3 Å².